The Morgan fingerprint density at radius 2 is 1.33 bits per heavy atom. The van der Waals surface area contributed by atoms with Crippen LogP contribution < -0.4 is 4.89 Å². The second-order valence-electron chi connectivity index (χ2n) is 3.38. The molecule has 0 aromatic carbocycles. The van der Waals surface area contributed by atoms with Crippen molar-refractivity contribution in [2.45, 2.75) is 20.8 Å². The first-order valence-corrected chi connectivity index (χ1v) is 9.32. The summed E-state index contributed by atoms with van der Waals surface area (Å²) in [7, 11) is -2.24. The summed E-state index contributed by atoms with van der Waals surface area (Å²) in [6, 6.07) is 0. The van der Waals surface area contributed by atoms with Gasteiger partial charge in [0.2, 0.25) is 0 Å². The van der Waals surface area contributed by atoms with Gasteiger partial charge in [0.15, 0.2) is 0 Å². The second kappa shape index (κ2) is 8.66. The second-order valence-corrected chi connectivity index (χ2v) is 10.1. The summed E-state index contributed by atoms with van der Waals surface area (Å²) in [5.74, 6) is 0. The van der Waals surface area contributed by atoms with Crippen molar-refractivity contribution < 1.29 is 18.5 Å². The highest BCUT2D eigenvalue weighted by Crippen LogP contribution is 2.53. The molecule has 0 rings (SSSR count). The summed E-state index contributed by atoms with van der Waals surface area (Å²) in [6.07, 6.45) is 4.29. The Morgan fingerprint density at radius 3 is 1.33 bits per heavy atom. The van der Waals surface area contributed by atoms with Crippen LogP contribution in [0.4, 0.5) is 0 Å². The predicted molar refractivity (Wildman–Crippen MR) is 66.1 cm³/mol. The smallest absolute Gasteiger partial charge is 0.267 e. The summed E-state index contributed by atoms with van der Waals surface area (Å²) in [5.41, 5.74) is 0. The average molecular weight is 258 g/mol. The maximum atomic E-state index is 9.95. The van der Waals surface area contributed by atoms with E-state index in [9.17, 15) is 9.46 Å². The molecule has 0 aromatic rings. The molecule has 0 aliphatic heterocycles. The normalized spacial score (nSPS) is 11.9. The molecular formula is C9H24O4P2. The zero-order chi connectivity index (χ0) is 12.5. The molecular weight excluding hydrogens is 234 g/mol. The molecule has 0 amide bonds. The monoisotopic (exact) mass is 258 g/mol. The van der Waals surface area contributed by atoms with E-state index in [2.05, 4.69) is 36.5 Å². The van der Waals surface area contributed by atoms with Crippen LogP contribution in [0.3, 0.4) is 0 Å². The lowest BCUT2D eigenvalue weighted by Gasteiger charge is -2.16. The van der Waals surface area contributed by atoms with Gasteiger partial charge in [-0.2, -0.15) is 0 Å². The first-order valence-electron chi connectivity index (χ1n) is 5.06. The third-order valence-corrected chi connectivity index (χ3v) is 8.21. The van der Waals surface area contributed by atoms with Gasteiger partial charge < -0.3 is 13.9 Å². The van der Waals surface area contributed by atoms with Gasteiger partial charge in [-0.1, -0.05) is 0 Å². The summed E-state index contributed by atoms with van der Waals surface area (Å²) >= 11 is 0. The highest BCUT2D eigenvalue weighted by atomic mass is 31.2. The van der Waals surface area contributed by atoms with E-state index in [1.807, 2.05) is 0 Å². The quantitative estimate of drug-likeness (QED) is 0.711. The zero-order valence-electron chi connectivity index (χ0n) is 10.6. The largest absolute Gasteiger partial charge is 0.756 e. The van der Waals surface area contributed by atoms with E-state index in [-0.39, 0.29) is 0 Å². The fourth-order valence-electron chi connectivity index (χ4n) is 0.745. The van der Waals surface area contributed by atoms with Crippen LogP contribution in [0.25, 0.3) is 0 Å². The predicted octanol–water partition coefficient (Wildman–Crippen LogP) is 2.44. The van der Waals surface area contributed by atoms with Crippen molar-refractivity contribution in [3.05, 3.63) is 0 Å². The maximum Gasteiger partial charge on any atom is 0.267 e. The van der Waals surface area contributed by atoms with Crippen LogP contribution in [-0.2, 0) is 13.6 Å². The molecule has 6 heteroatoms. The number of phosphoric ester groups is 1. The molecule has 0 aliphatic carbocycles. The molecule has 15 heavy (non-hydrogen) atoms. The molecule has 0 fully saturated rings. The Morgan fingerprint density at radius 1 is 1.07 bits per heavy atom. The van der Waals surface area contributed by atoms with Gasteiger partial charge in [-0.05, 0) is 20.8 Å². The van der Waals surface area contributed by atoms with Crippen LogP contribution in [0.1, 0.15) is 20.8 Å². The number of phosphoric acid groups is 1. The summed E-state index contributed by atoms with van der Waals surface area (Å²) < 4.78 is 17.7. The van der Waals surface area contributed by atoms with Gasteiger partial charge in [0.05, 0.1) is 18.5 Å². The van der Waals surface area contributed by atoms with Gasteiger partial charge in [-0.3, -0.25) is 4.57 Å². The van der Waals surface area contributed by atoms with Crippen molar-refractivity contribution in [2.24, 2.45) is 0 Å². The average Bonchev–Trinajstić information content (AvgIpc) is 2.29. The van der Waals surface area contributed by atoms with E-state index in [1.165, 1.54) is 18.5 Å². The standard InChI is InChI=1S/C7H18P.C2H7O4P/c1-5-8(4,6-2)7-3;1-5-7(3,4)6-2/h5-7H2,1-4H3;1-2H3,(H,3,4)/q+1;/p-1. The van der Waals surface area contributed by atoms with E-state index >= 15 is 0 Å². The van der Waals surface area contributed by atoms with E-state index in [0.29, 0.717) is 0 Å². The Kier molecular flexibility index (Phi) is 10.4. The lowest BCUT2D eigenvalue weighted by atomic mass is 10.9. The molecule has 0 N–H and O–H groups in total. The summed E-state index contributed by atoms with van der Waals surface area (Å²) in [6.45, 7) is 9.43. The Hall–Kier alpha value is 0.540. The lowest BCUT2D eigenvalue weighted by Crippen LogP contribution is -2.02. The highest BCUT2D eigenvalue weighted by Gasteiger charge is 2.22. The van der Waals surface area contributed by atoms with Crippen molar-refractivity contribution in [3.63, 3.8) is 0 Å². The zero-order valence-corrected chi connectivity index (χ0v) is 12.4. The molecule has 0 saturated heterocycles. The molecule has 0 spiro atoms. The molecule has 0 heterocycles. The highest BCUT2D eigenvalue weighted by molar-refractivity contribution is 7.75. The molecule has 0 aliphatic rings. The van der Waals surface area contributed by atoms with Crippen molar-refractivity contribution in [2.75, 3.05) is 39.4 Å². The minimum absolute atomic E-state index is 0.412. The van der Waals surface area contributed by atoms with Crippen LogP contribution in [0, 0.1) is 0 Å². The fourth-order valence-corrected chi connectivity index (χ4v) is 2.24. The Bertz CT molecular complexity index is 176. The van der Waals surface area contributed by atoms with Gasteiger partial charge in [0.25, 0.3) is 7.82 Å². The van der Waals surface area contributed by atoms with Crippen molar-refractivity contribution in [1.29, 1.82) is 0 Å². The minimum atomic E-state index is -3.90. The first-order chi connectivity index (χ1) is 6.80. The maximum absolute atomic E-state index is 9.95. The van der Waals surface area contributed by atoms with Crippen LogP contribution in [0.5, 0.6) is 0 Å². The molecule has 0 aromatic heterocycles. The molecule has 4 nitrogen and oxygen atoms in total. The first kappa shape index (κ1) is 17.9. The Labute approximate surface area is 94.3 Å². The topological polar surface area (TPSA) is 58.6 Å². The molecule has 0 unspecified atom stereocenters. The molecule has 94 valence electrons. The number of rotatable bonds is 5. The van der Waals surface area contributed by atoms with Crippen LogP contribution in [-0.4, -0.2) is 39.4 Å². The van der Waals surface area contributed by atoms with Gasteiger partial charge >= 0.3 is 0 Å². The van der Waals surface area contributed by atoms with E-state index in [4.69, 9.17) is 0 Å². The van der Waals surface area contributed by atoms with Gasteiger partial charge in [-0.15, -0.1) is 0 Å². The lowest BCUT2D eigenvalue weighted by molar-refractivity contribution is -0.220. The minimum Gasteiger partial charge on any atom is -0.756 e. The van der Waals surface area contributed by atoms with Crippen molar-refractivity contribution in [3.8, 4) is 0 Å². The summed E-state index contributed by atoms with van der Waals surface area (Å²) in [5, 5.41) is 0. The van der Waals surface area contributed by atoms with Crippen LogP contribution >= 0.6 is 15.1 Å². The van der Waals surface area contributed by atoms with Crippen LogP contribution in [0.2, 0.25) is 0 Å². The van der Waals surface area contributed by atoms with Crippen molar-refractivity contribution in [1.82, 2.24) is 0 Å². The van der Waals surface area contributed by atoms with Crippen LogP contribution in [0.15, 0.2) is 0 Å². The van der Waals surface area contributed by atoms with E-state index in [1.54, 1.807) is 0 Å². The van der Waals surface area contributed by atoms with Gasteiger partial charge in [0, 0.05) is 28.1 Å². The third-order valence-electron chi connectivity index (χ3n) is 2.74. The molecule has 0 radical (unpaired) electrons. The fraction of sp³-hybridized carbons (Fsp3) is 1.00. The Balaban J connectivity index is 0. The third kappa shape index (κ3) is 9.47. The number of hydrogen-bond acceptors (Lipinski definition) is 4. The van der Waals surface area contributed by atoms with E-state index < -0.39 is 15.1 Å². The van der Waals surface area contributed by atoms with Crippen molar-refractivity contribution >= 4 is 15.1 Å². The van der Waals surface area contributed by atoms with Gasteiger partial charge in [0.1, 0.15) is 0 Å². The van der Waals surface area contributed by atoms with Gasteiger partial charge in [-0.25, -0.2) is 0 Å². The summed E-state index contributed by atoms with van der Waals surface area (Å²) in [4.78, 5) is 9.95. The van der Waals surface area contributed by atoms with E-state index in [0.717, 1.165) is 14.2 Å². The molecule has 0 saturated carbocycles. The molecule has 0 bridgehead atoms. The molecule has 0 atom stereocenters. The number of hydrogen-bond donors (Lipinski definition) is 0. The SMILES string of the molecule is CC[P+](C)(CC)CC.COP(=O)([O-])OC.